The highest BCUT2D eigenvalue weighted by Crippen LogP contribution is 2.32. The molecule has 0 spiro atoms. The fourth-order valence-corrected chi connectivity index (χ4v) is 6.07. The summed E-state index contributed by atoms with van der Waals surface area (Å²) in [6.07, 6.45) is 7.46. The Bertz CT molecular complexity index is 627. The summed E-state index contributed by atoms with van der Waals surface area (Å²) in [6.45, 7) is 20.6. The molecule has 33 heavy (non-hydrogen) atoms. The zero-order valence-electron chi connectivity index (χ0n) is 22.1. The van der Waals surface area contributed by atoms with Crippen molar-refractivity contribution in [3.63, 3.8) is 0 Å². The predicted octanol–water partition coefficient (Wildman–Crippen LogP) is 5.49. The lowest BCUT2D eigenvalue weighted by Crippen LogP contribution is -2.40. The molecule has 0 atom stereocenters. The first-order valence-corrected chi connectivity index (χ1v) is 13.8. The Morgan fingerprint density at radius 3 is 0.848 bits per heavy atom. The van der Waals surface area contributed by atoms with Crippen molar-refractivity contribution in [1.29, 1.82) is 0 Å². The Hall–Kier alpha value is -1.59. The van der Waals surface area contributed by atoms with Gasteiger partial charge in [0.25, 0.3) is 0 Å². The van der Waals surface area contributed by atoms with Crippen LogP contribution in [0.2, 0.25) is 0 Å². The number of hydrogen-bond acceptors (Lipinski definition) is 6. The van der Waals surface area contributed by atoms with Gasteiger partial charge in [-0.25, -0.2) is 0 Å². The van der Waals surface area contributed by atoms with Gasteiger partial charge in [0.05, 0.1) is 0 Å². The third-order valence-electron chi connectivity index (χ3n) is 8.90. The molecule has 0 amide bonds. The molecule has 6 nitrogen and oxygen atoms in total. The molecule has 6 heteroatoms. The van der Waals surface area contributed by atoms with Crippen LogP contribution in [-0.2, 0) is 0 Å². The molecule has 0 aromatic carbocycles. The Labute approximate surface area is 202 Å². The van der Waals surface area contributed by atoms with E-state index in [0.717, 1.165) is 92.6 Å². The van der Waals surface area contributed by atoms with Gasteiger partial charge in [-0.05, 0) is 74.0 Å². The third kappa shape index (κ3) is 5.92. The fourth-order valence-electron chi connectivity index (χ4n) is 6.07. The van der Waals surface area contributed by atoms with E-state index >= 15 is 0 Å². The van der Waals surface area contributed by atoms with E-state index in [9.17, 15) is 0 Å². The Morgan fingerprint density at radius 1 is 0.455 bits per heavy atom. The smallest absolute Gasteiger partial charge is 0.231 e. The normalized spacial score (nSPS) is 22.3. The van der Waals surface area contributed by atoms with Crippen LogP contribution in [0.1, 0.15) is 80.1 Å². The van der Waals surface area contributed by atoms with Crippen LogP contribution in [0.15, 0.2) is 0 Å². The van der Waals surface area contributed by atoms with Gasteiger partial charge in [-0.3, -0.25) is 0 Å². The molecule has 4 heterocycles. The second-order valence-corrected chi connectivity index (χ2v) is 11.9. The van der Waals surface area contributed by atoms with E-state index in [4.69, 9.17) is 15.0 Å². The maximum absolute atomic E-state index is 5.06. The second kappa shape index (κ2) is 10.8. The lowest BCUT2D eigenvalue weighted by atomic mass is 9.87. The average molecular weight is 457 g/mol. The van der Waals surface area contributed by atoms with E-state index < -0.39 is 0 Å². The maximum Gasteiger partial charge on any atom is 0.231 e. The quantitative estimate of drug-likeness (QED) is 0.564. The molecule has 3 aliphatic heterocycles. The minimum atomic E-state index is 0.765. The summed E-state index contributed by atoms with van der Waals surface area (Å²) >= 11 is 0. The van der Waals surface area contributed by atoms with E-state index in [1.807, 2.05) is 0 Å². The minimum Gasteiger partial charge on any atom is -0.341 e. The third-order valence-corrected chi connectivity index (χ3v) is 8.90. The van der Waals surface area contributed by atoms with Crippen molar-refractivity contribution in [3.8, 4) is 0 Å². The Balaban J connectivity index is 1.53. The van der Waals surface area contributed by atoms with Crippen molar-refractivity contribution < 1.29 is 0 Å². The van der Waals surface area contributed by atoms with Crippen molar-refractivity contribution in [3.05, 3.63) is 0 Å². The largest absolute Gasteiger partial charge is 0.341 e. The lowest BCUT2D eigenvalue weighted by molar-refractivity contribution is 0.306. The van der Waals surface area contributed by atoms with Crippen molar-refractivity contribution in [2.24, 2.45) is 35.5 Å². The van der Waals surface area contributed by atoms with Gasteiger partial charge in [0.15, 0.2) is 0 Å². The van der Waals surface area contributed by atoms with Crippen molar-refractivity contribution >= 4 is 17.8 Å². The second-order valence-electron chi connectivity index (χ2n) is 11.9. The van der Waals surface area contributed by atoms with Gasteiger partial charge in [0, 0.05) is 39.3 Å². The highest BCUT2D eigenvalue weighted by molar-refractivity contribution is 5.47. The van der Waals surface area contributed by atoms with Crippen LogP contribution < -0.4 is 14.7 Å². The van der Waals surface area contributed by atoms with Gasteiger partial charge in [0.1, 0.15) is 0 Å². The van der Waals surface area contributed by atoms with Crippen LogP contribution >= 0.6 is 0 Å². The van der Waals surface area contributed by atoms with Crippen LogP contribution in [0.3, 0.4) is 0 Å². The molecule has 0 radical (unpaired) electrons. The standard InChI is InChI=1S/C27H48N6/c1-19(2)22-7-13-31(14-8-22)25-28-26(32-15-9-23(10-16-32)20(3)4)30-27(29-25)33-17-11-24(12-18-33)21(5)6/h19-24H,7-18H2,1-6H3. The fraction of sp³-hybridized carbons (Fsp3) is 0.889. The number of rotatable bonds is 6. The minimum absolute atomic E-state index is 0.765. The molecule has 1 aromatic rings. The van der Waals surface area contributed by atoms with Gasteiger partial charge in [-0.15, -0.1) is 0 Å². The summed E-state index contributed by atoms with van der Waals surface area (Å²) in [7, 11) is 0. The van der Waals surface area contributed by atoms with Crippen molar-refractivity contribution in [2.75, 3.05) is 54.0 Å². The monoisotopic (exact) mass is 456 g/mol. The molecular weight excluding hydrogens is 408 g/mol. The lowest BCUT2D eigenvalue weighted by Gasteiger charge is -2.37. The van der Waals surface area contributed by atoms with E-state index in [-0.39, 0.29) is 0 Å². The number of nitrogens with zero attached hydrogens (tertiary/aromatic N) is 6. The van der Waals surface area contributed by atoms with Gasteiger partial charge in [-0.2, -0.15) is 15.0 Å². The van der Waals surface area contributed by atoms with Gasteiger partial charge in [-0.1, -0.05) is 41.5 Å². The first-order valence-electron chi connectivity index (χ1n) is 13.8. The summed E-state index contributed by atoms with van der Waals surface area (Å²) in [5.41, 5.74) is 0. The summed E-state index contributed by atoms with van der Waals surface area (Å²) < 4.78 is 0. The van der Waals surface area contributed by atoms with E-state index in [2.05, 4.69) is 56.2 Å². The van der Waals surface area contributed by atoms with E-state index in [1.165, 1.54) is 38.5 Å². The Kier molecular flexibility index (Phi) is 8.01. The van der Waals surface area contributed by atoms with Crippen LogP contribution in [-0.4, -0.2) is 54.2 Å². The van der Waals surface area contributed by atoms with Crippen LogP contribution in [0.4, 0.5) is 17.8 Å². The summed E-state index contributed by atoms with van der Waals surface area (Å²) in [5.74, 6) is 7.51. The highest BCUT2D eigenvalue weighted by atomic mass is 15.4. The van der Waals surface area contributed by atoms with Gasteiger partial charge >= 0.3 is 0 Å². The molecule has 3 aliphatic rings. The molecule has 3 saturated heterocycles. The number of piperidine rings is 3. The molecule has 0 saturated carbocycles. The number of hydrogen-bond donors (Lipinski definition) is 0. The molecule has 0 bridgehead atoms. The molecule has 4 rings (SSSR count). The zero-order valence-corrected chi connectivity index (χ0v) is 22.1. The van der Waals surface area contributed by atoms with Gasteiger partial charge in [0.2, 0.25) is 17.8 Å². The van der Waals surface area contributed by atoms with E-state index in [1.54, 1.807) is 0 Å². The Morgan fingerprint density at radius 2 is 0.667 bits per heavy atom. The SMILES string of the molecule is CC(C)C1CCN(c2nc(N3CCC(C(C)C)CC3)nc(N3CCC(C(C)C)CC3)n2)CC1. The van der Waals surface area contributed by atoms with Crippen LogP contribution in [0.25, 0.3) is 0 Å². The summed E-state index contributed by atoms with van der Waals surface area (Å²) in [5, 5.41) is 0. The maximum atomic E-state index is 5.06. The van der Waals surface area contributed by atoms with Crippen molar-refractivity contribution in [2.45, 2.75) is 80.1 Å². The predicted molar refractivity (Wildman–Crippen MR) is 139 cm³/mol. The number of anilines is 3. The molecule has 3 fully saturated rings. The van der Waals surface area contributed by atoms with Crippen LogP contribution in [0.5, 0.6) is 0 Å². The highest BCUT2D eigenvalue weighted by Gasteiger charge is 2.29. The van der Waals surface area contributed by atoms with Gasteiger partial charge < -0.3 is 14.7 Å². The van der Waals surface area contributed by atoms with Crippen molar-refractivity contribution in [1.82, 2.24) is 15.0 Å². The molecule has 186 valence electrons. The zero-order chi connectivity index (χ0) is 23.5. The molecular formula is C27H48N6. The molecule has 0 aliphatic carbocycles. The van der Waals surface area contributed by atoms with Crippen LogP contribution in [0, 0.1) is 35.5 Å². The van der Waals surface area contributed by atoms with E-state index in [0.29, 0.717) is 0 Å². The topological polar surface area (TPSA) is 48.4 Å². The summed E-state index contributed by atoms with van der Waals surface area (Å²) in [6, 6.07) is 0. The summed E-state index contributed by atoms with van der Waals surface area (Å²) in [4.78, 5) is 22.5. The number of aromatic nitrogens is 3. The molecule has 0 N–H and O–H groups in total. The average Bonchev–Trinajstić information content (AvgIpc) is 2.84. The molecule has 1 aromatic heterocycles. The first-order chi connectivity index (χ1) is 15.8. The first kappa shape index (κ1) is 24.5. The molecule has 0 unspecified atom stereocenters.